The zero-order valence-corrected chi connectivity index (χ0v) is 17.9. The van der Waals surface area contributed by atoms with Gasteiger partial charge in [-0.05, 0) is 49.4 Å². The number of nitrogens with zero attached hydrogens (tertiary/aromatic N) is 1. The average molecular weight is 440 g/mol. The summed E-state index contributed by atoms with van der Waals surface area (Å²) in [5, 5.41) is 14.1. The number of Topliss-reactive ketones (excluding diaryl/α,β-unsaturated/α-hetero) is 1. The monoisotopic (exact) mass is 439 g/mol. The van der Waals surface area contributed by atoms with Gasteiger partial charge in [-0.25, -0.2) is 0 Å². The van der Waals surface area contributed by atoms with Crippen LogP contribution in [0.15, 0.2) is 57.3 Å². The smallest absolute Gasteiger partial charge is 0.180 e. The number of hydrogen-bond acceptors (Lipinski definition) is 7. The molecule has 1 fully saturated rings. The van der Waals surface area contributed by atoms with Crippen LogP contribution in [0, 0.1) is 5.92 Å². The van der Waals surface area contributed by atoms with Gasteiger partial charge in [0.2, 0.25) is 0 Å². The SMILES string of the molecule is CC1(CCC2CC2)C(=O)C(C2=NS(O)(O)c3cc(N)ccc3N2)=C(O)c2ccccc21. The number of nitrogens with one attached hydrogen (secondary N) is 1. The van der Waals surface area contributed by atoms with E-state index in [-0.39, 0.29) is 27.8 Å². The number of aliphatic hydroxyl groups is 1. The molecule has 162 valence electrons. The van der Waals surface area contributed by atoms with Gasteiger partial charge in [-0.15, -0.1) is 4.40 Å². The van der Waals surface area contributed by atoms with Crippen molar-refractivity contribution in [3.8, 4) is 0 Å². The Kier molecular flexibility index (Phi) is 4.44. The number of nitrogen functional groups attached to an aromatic ring is 1. The van der Waals surface area contributed by atoms with E-state index in [2.05, 4.69) is 9.71 Å². The number of benzene rings is 2. The summed E-state index contributed by atoms with van der Waals surface area (Å²) in [6.45, 7) is 1.90. The van der Waals surface area contributed by atoms with Crippen LogP contribution in [-0.4, -0.2) is 25.8 Å². The predicted octanol–water partition coefficient (Wildman–Crippen LogP) is 5.12. The number of nitrogens with two attached hydrogens (primary N) is 1. The largest absolute Gasteiger partial charge is 0.506 e. The first-order valence-corrected chi connectivity index (χ1v) is 11.8. The van der Waals surface area contributed by atoms with E-state index in [1.165, 1.54) is 18.9 Å². The van der Waals surface area contributed by atoms with Crippen molar-refractivity contribution in [1.29, 1.82) is 0 Å². The Hall–Kier alpha value is -2.81. The van der Waals surface area contributed by atoms with E-state index in [1.54, 1.807) is 18.2 Å². The van der Waals surface area contributed by atoms with E-state index >= 15 is 0 Å². The molecule has 0 amide bonds. The van der Waals surface area contributed by atoms with Gasteiger partial charge in [0.1, 0.15) is 16.2 Å². The van der Waals surface area contributed by atoms with E-state index in [0.29, 0.717) is 29.3 Å². The number of aliphatic hydroxyl groups excluding tert-OH is 1. The molecule has 0 aromatic heterocycles. The van der Waals surface area contributed by atoms with Crippen molar-refractivity contribution in [1.82, 2.24) is 0 Å². The van der Waals surface area contributed by atoms with Crippen molar-refractivity contribution in [3.05, 3.63) is 59.2 Å². The zero-order chi connectivity index (χ0) is 22.0. The van der Waals surface area contributed by atoms with E-state index < -0.39 is 16.2 Å². The highest BCUT2D eigenvalue weighted by Crippen LogP contribution is 2.57. The van der Waals surface area contributed by atoms with Gasteiger partial charge in [0, 0.05) is 11.3 Å². The number of amidine groups is 1. The fraction of sp³-hybridized carbons (Fsp3) is 0.304. The van der Waals surface area contributed by atoms with Crippen LogP contribution in [0.4, 0.5) is 11.4 Å². The Morgan fingerprint density at radius 1 is 1.23 bits per heavy atom. The summed E-state index contributed by atoms with van der Waals surface area (Å²) in [4.78, 5) is 14.0. The van der Waals surface area contributed by atoms with Crippen molar-refractivity contribution in [3.63, 3.8) is 0 Å². The molecular weight excluding hydrogens is 414 g/mol. The fourth-order valence-corrected chi connectivity index (χ4v) is 5.68. The van der Waals surface area contributed by atoms with Gasteiger partial charge in [-0.2, -0.15) is 0 Å². The third-order valence-electron chi connectivity index (χ3n) is 6.50. The lowest BCUT2D eigenvalue weighted by Gasteiger charge is -2.39. The first-order chi connectivity index (χ1) is 14.7. The summed E-state index contributed by atoms with van der Waals surface area (Å²) < 4.78 is 25.4. The first kappa shape index (κ1) is 20.1. The average Bonchev–Trinajstić information content (AvgIpc) is 3.56. The lowest BCUT2D eigenvalue weighted by molar-refractivity contribution is -0.120. The molecule has 1 saturated carbocycles. The maximum absolute atomic E-state index is 13.8. The summed E-state index contributed by atoms with van der Waals surface area (Å²) in [5.41, 5.74) is 7.06. The highest BCUT2D eigenvalue weighted by Gasteiger charge is 2.47. The van der Waals surface area contributed by atoms with E-state index in [9.17, 15) is 19.0 Å². The minimum Gasteiger partial charge on any atom is -0.506 e. The van der Waals surface area contributed by atoms with Crippen LogP contribution in [0.25, 0.3) is 5.76 Å². The van der Waals surface area contributed by atoms with Gasteiger partial charge in [0.15, 0.2) is 11.6 Å². The highest BCUT2D eigenvalue weighted by molar-refractivity contribution is 8.23. The van der Waals surface area contributed by atoms with E-state index in [4.69, 9.17) is 5.73 Å². The van der Waals surface area contributed by atoms with Crippen molar-refractivity contribution in [2.45, 2.75) is 42.9 Å². The molecule has 2 aliphatic carbocycles. The second-order valence-corrected chi connectivity index (χ2v) is 10.4. The number of hydrogen-bond donors (Lipinski definition) is 5. The van der Waals surface area contributed by atoms with Crippen molar-refractivity contribution in [2.24, 2.45) is 10.3 Å². The van der Waals surface area contributed by atoms with Crippen LogP contribution in [0.2, 0.25) is 0 Å². The van der Waals surface area contributed by atoms with Crippen LogP contribution in [0.5, 0.6) is 0 Å². The van der Waals surface area contributed by atoms with Crippen molar-refractivity contribution < 1.29 is 19.0 Å². The second-order valence-electron chi connectivity index (χ2n) is 8.75. The number of carbonyl (C=O) groups excluding carboxylic acids is 1. The summed E-state index contributed by atoms with van der Waals surface area (Å²) in [5.74, 6) is 0.135. The van der Waals surface area contributed by atoms with Crippen LogP contribution in [0.1, 0.15) is 43.7 Å². The van der Waals surface area contributed by atoms with E-state index in [0.717, 1.165) is 12.0 Å². The minimum atomic E-state index is -3.59. The van der Waals surface area contributed by atoms with Crippen LogP contribution in [0.3, 0.4) is 0 Å². The molecule has 6 N–H and O–H groups in total. The van der Waals surface area contributed by atoms with E-state index in [1.807, 2.05) is 25.1 Å². The summed E-state index contributed by atoms with van der Waals surface area (Å²) in [7, 11) is -3.59. The van der Waals surface area contributed by atoms with Gasteiger partial charge in [-0.3, -0.25) is 13.9 Å². The van der Waals surface area contributed by atoms with Crippen LogP contribution < -0.4 is 11.1 Å². The molecule has 2 aromatic rings. The highest BCUT2D eigenvalue weighted by atomic mass is 32.3. The van der Waals surface area contributed by atoms with Crippen LogP contribution >= 0.6 is 10.8 Å². The van der Waals surface area contributed by atoms with Gasteiger partial charge in [0.25, 0.3) is 0 Å². The molecule has 0 bridgehead atoms. The Morgan fingerprint density at radius 3 is 2.71 bits per heavy atom. The van der Waals surface area contributed by atoms with Crippen molar-refractivity contribution >= 4 is 39.5 Å². The predicted molar refractivity (Wildman–Crippen MR) is 123 cm³/mol. The number of rotatable bonds is 4. The molecular formula is C23H25N3O4S. The van der Waals surface area contributed by atoms with Crippen molar-refractivity contribution in [2.75, 3.05) is 11.1 Å². The molecule has 1 atom stereocenters. The number of carbonyl (C=O) groups is 1. The first-order valence-electron chi connectivity index (χ1n) is 10.3. The van der Waals surface area contributed by atoms with Crippen LogP contribution in [-0.2, 0) is 10.2 Å². The Bertz CT molecular complexity index is 1170. The fourth-order valence-electron chi connectivity index (χ4n) is 4.48. The quantitative estimate of drug-likeness (QED) is 0.421. The third-order valence-corrected chi connectivity index (χ3v) is 7.87. The zero-order valence-electron chi connectivity index (χ0n) is 17.1. The summed E-state index contributed by atoms with van der Waals surface area (Å²) in [6, 6.07) is 12.0. The number of anilines is 2. The molecule has 8 heteroatoms. The maximum Gasteiger partial charge on any atom is 0.180 e. The molecule has 2 aromatic carbocycles. The molecule has 5 rings (SSSR count). The Balaban J connectivity index is 1.64. The molecule has 0 radical (unpaired) electrons. The minimum absolute atomic E-state index is 0.0144. The summed E-state index contributed by atoms with van der Waals surface area (Å²) in [6.07, 6.45) is 3.96. The third kappa shape index (κ3) is 3.22. The lowest BCUT2D eigenvalue weighted by Crippen LogP contribution is -2.42. The molecule has 1 unspecified atom stereocenters. The van der Waals surface area contributed by atoms with Gasteiger partial charge in [0.05, 0.1) is 11.1 Å². The molecule has 7 nitrogen and oxygen atoms in total. The Morgan fingerprint density at radius 2 is 1.97 bits per heavy atom. The Labute approximate surface area is 182 Å². The molecule has 1 heterocycles. The van der Waals surface area contributed by atoms with Gasteiger partial charge < -0.3 is 16.2 Å². The summed E-state index contributed by atoms with van der Waals surface area (Å²) >= 11 is 0. The number of ketones is 1. The molecule has 31 heavy (non-hydrogen) atoms. The standard InChI is InChI=1S/C23H25N3O4S/c1-23(11-10-13-6-7-13)16-5-3-2-4-15(16)20(27)19(21(23)28)22-25-17-9-8-14(24)12-18(17)31(29,30)26-22/h2-5,8-9,12-13,27,29-30H,6-7,10-11,24H2,1H3,(H,25,26). The van der Waals surface area contributed by atoms with Gasteiger partial charge in [-0.1, -0.05) is 47.9 Å². The molecule has 3 aliphatic rings. The topological polar surface area (TPSA) is 128 Å². The number of fused-ring (bicyclic) bond motifs is 2. The normalized spacial score (nSPS) is 25.3. The molecule has 0 spiro atoms. The molecule has 0 saturated heterocycles. The van der Waals surface area contributed by atoms with Gasteiger partial charge >= 0.3 is 0 Å². The molecule has 1 aliphatic heterocycles. The second kappa shape index (κ2) is 6.85. The lowest BCUT2D eigenvalue weighted by atomic mass is 9.67. The maximum atomic E-state index is 13.8.